The van der Waals surface area contributed by atoms with E-state index in [1.54, 1.807) is 0 Å². The summed E-state index contributed by atoms with van der Waals surface area (Å²) in [4.78, 5) is 25.7. The van der Waals surface area contributed by atoms with Crippen LogP contribution in [0.2, 0.25) is 5.02 Å². The summed E-state index contributed by atoms with van der Waals surface area (Å²) in [5, 5.41) is 5.94. The van der Waals surface area contributed by atoms with Crippen LogP contribution < -0.4 is 10.3 Å². The second-order valence-corrected chi connectivity index (χ2v) is 10.7. The minimum absolute atomic E-state index is 0.0346. The molecule has 3 aromatic rings. The number of aromatic amines is 1. The van der Waals surface area contributed by atoms with Gasteiger partial charge in [0.05, 0.1) is 15.6 Å². The largest absolute Gasteiger partial charge is 0.473 e. The fourth-order valence-corrected chi connectivity index (χ4v) is 5.01. The number of alkyl halides is 3. The molecule has 0 spiro atoms. The lowest BCUT2D eigenvalue weighted by Crippen LogP contribution is -2.20. The van der Waals surface area contributed by atoms with Gasteiger partial charge < -0.3 is 4.74 Å². The Balaban J connectivity index is 1.76. The van der Waals surface area contributed by atoms with Crippen LogP contribution in [0.25, 0.3) is 0 Å². The highest BCUT2D eigenvalue weighted by Gasteiger charge is 2.36. The molecule has 1 N–H and O–H groups in total. The van der Waals surface area contributed by atoms with Gasteiger partial charge in [0.15, 0.2) is 15.5 Å². The Bertz CT molecular complexity index is 1500. The maximum absolute atomic E-state index is 13.4. The lowest BCUT2D eigenvalue weighted by Gasteiger charge is -2.14. The summed E-state index contributed by atoms with van der Waals surface area (Å²) in [6, 6.07) is 3.03. The number of nitrogens with one attached hydrogen (secondary N) is 1. The molecule has 2 aromatic heterocycles. The van der Waals surface area contributed by atoms with Gasteiger partial charge in [-0.25, -0.2) is 13.1 Å². The van der Waals surface area contributed by atoms with Crippen LogP contribution in [-0.4, -0.2) is 40.0 Å². The predicted octanol–water partition coefficient (Wildman–Crippen LogP) is 3.21. The number of sulfone groups is 1. The molecule has 2 heterocycles. The number of carbonyl (C=O) groups excluding carboxylic acids is 1. The zero-order valence-corrected chi connectivity index (χ0v) is 20.3. The summed E-state index contributed by atoms with van der Waals surface area (Å²) in [7, 11) is -1.16. The third-order valence-corrected chi connectivity index (χ3v) is 7.24. The summed E-state index contributed by atoms with van der Waals surface area (Å²) in [6.07, 6.45) is -2.17. The van der Waals surface area contributed by atoms with Crippen LogP contribution in [0.4, 0.5) is 13.2 Å². The Morgan fingerprint density at radius 1 is 1.29 bits per heavy atom. The number of ether oxygens (including phenoxy) is 1. The van der Waals surface area contributed by atoms with Crippen molar-refractivity contribution in [3.05, 3.63) is 61.7 Å². The molecule has 14 heteroatoms. The monoisotopic (exact) mass is 532 g/mol. The molecule has 0 atom stereocenters. The van der Waals surface area contributed by atoms with Crippen LogP contribution >= 0.6 is 11.6 Å². The Kier molecular flexibility index (Phi) is 6.12. The number of halogens is 4. The molecule has 1 aromatic carbocycles. The number of aryl methyl sites for hydroxylation is 2. The van der Waals surface area contributed by atoms with Crippen molar-refractivity contribution in [1.82, 2.24) is 19.6 Å². The maximum Gasteiger partial charge on any atom is 0.435 e. The minimum Gasteiger partial charge on any atom is -0.473 e. The molecule has 0 unspecified atom stereocenters. The van der Waals surface area contributed by atoms with Gasteiger partial charge in [0.1, 0.15) is 12.2 Å². The first kappa shape index (κ1) is 25.0. The highest BCUT2D eigenvalue weighted by atomic mass is 35.5. The van der Waals surface area contributed by atoms with E-state index in [0.29, 0.717) is 11.8 Å². The summed E-state index contributed by atoms with van der Waals surface area (Å²) >= 11 is 6.47. The SMILES string of the molecule is Cn1nc(C(F)(F)F)cc1OCc1c(S(C)(=O)=O)ccc(C(=O)c2c(C3CC3)[nH]n(C)c2=O)c1Cl. The molecule has 1 saturated carbocycles. The molecule has 0 aliphatic heterocycles. The molecule has 35 heavy (non-hydrogen) atoms. The molecular weight excluding hydrogens is 513 g/mol. The number of carbonyl (C=O) groups is 1. The zero-order chi connectivity index (χ0) is 25.9. The summed E-state index contributed by atoms with van der Waals surface area (Å²) in [5.74, 6) is -0.951. The van der Waals surface area contributed by atoms with Gasteiger partial charge in [0, 0.05) is 43.5 Å². The maximum atomic E-state index is 13.4. The topological polar surface area (TPSA) is 116 Å². The Labute approximate surface area is 202 Å². The third-order valence-electron chi connectivity index (χ3n) is 5.62. The smallest absolute Gasteiger partial charge is 0.435 e. The molecule has 1 fully saturated rings. The van der Waals surface area contributed by atoms with Gasteiger partial charge in [0.25, 0.3) is 5.56 Å². The van der Waals surface area contributed by atoms with Crippen LogP contribution in [0.15, 0.2) is 27.9 Å². The van der Waals surface area contributed by atoms with Crippen molar-refractivity contribution in [3.63, 3.8) is 0 Å². The summed E-state index contributed by atoms with van der Waals surface area (Å²) in [6.45, 7) is -0.570. The number of rotatable bonds is 7. The van der Waals surface area contributed by atoms with Gasteiger partial charge in [-0.05, 0) is 25.0 Å². The van der Waals surface area contributed by atoms with E-state index in [0.717, 1.165) is 29.8 Å². The Hall–Kier alpha value is -3.06. The fourth-order valence-electron chi connectivity index (χ4n) is 3.72. The van der Waals surface area contributed by atoms with E-state index in [1.807, 2.05) is 0 Å². The molecule has 0 amide bonds. The molecular formula is C21H20ClF3N4O5S. The van der Waals surface area contributed by atoms with Crippen LogP contribution in [0.3, 0.4) is 0 Å². The van der Waals surface area contributed by atoms with E-state index in [2.05, 4.69) is 10.2 Å². The van der Waals surface area contributed by atoms with Crippen molar-refractivity contribution in [3.8, 4) is 5.88 Å². The number of hydrogen-bond donors (Lipinski definition) is 1. The molecule has 188 valence electrons. The highest BCUT2D eigenvalue weighted by Crippen LogP contribution is 2.41. The first-order valence-corrected chi connectivity index (χ1v) is 12.6. The number of aromatic nitrogens is 4. The van der Waals surface area contributed by atoms with Crippen molar-refractivity contribution >= 4 is 27.2 Å². The van der Waals surface area contributed by atoms with Crippen molar-refractivity contribution in [1.29, 1.82) is 0 Å². The Morgan fingerprint density at radius 2 is 1.94 bits per heavy atom. The van der Waals surface area contributed by atoms with Gasteiger partial charge in [-0.15, -0.1) is 0 Å². The highest BCUT2D eigenvalue weighted by molar-refractivity contribution is 7.90. The average molecular weight is 533 g/mol. The zero-order valence-electron chi connectivity index (χ0n) is 18.7. The predicted molar refractivity (Wildman–Crippen MR) is 119 cm³/mol. The fraction of sp³-hybridized carbons (Fsp3) is 0.381. The van der Waals surface area contributed by atoms with Gasteiger partial charge >= 0.3 is 6.18 Å². The molecule has 4 rings (SSSR count). The van der Waals surface area contributed by atoms with E-state index in [1.165, 1.54) is 24.8 Å². The van der Waals surface area contributed by atoms with Crippen molar-refractivity contribution in [2.45, 2.75) is 36.4 Å². The molecule has 9 nitrogen and oxygen atoms in total. The van der Waals surface area contributed by atoms with E-state index >= 15 is 0 Å². The van der Waals surface area contributed by atoms with E-state index in [-0.39, 0.29) is 38.4 Å². The number of hydrogen-bond acceptors (Lipinski definition) is 6. The lowest BCUT2D eigenvalue weighted by atomic mass is 10.00. The second kappa shape index (κ2) is 8.55. The summed E-state index contributed by atoms with van der Waals surface area (Å²) < 4.78 is 71.0. The normalized spacial score (nSPS) is 14.4. The standard InChI is InChI=1S/C21H20ClF3N4O5S/c1-28-15(8-14(26-28)21(23,24)25)34-9-12-13(35(3,32)33)7-6-11(17(12)22)19(30)16-18(10-4-5-10)27-29(2)20(16)31/h6-8,10,27H,4-5,9H2,1-3H3. The van der Waals surface area contributed by atoms with Gasteiger partial charge in [-0.2, -0.15) is 18.3 Å². The number of ketones is 1. The van der Waals surface area contributed by atoms with Gasteiger partial charge in [0.2, 0.25) is 11.7 Å². The van der Waals surface area contributed by atoms with E-state index in [4.69, 9.17) is 16.3 Å². The third kappa shape index (κ3) is 4.74. The minimum atomic E-state index is -4.71. The second-order valence-electron chi connectivity index (χ2n) is 8.32. The molecule has 0 radical (unpaired) electrons. The van der Waals surface area contributed by atoms with Crippen LogP contribution in [0.5, 0.6) is 5.88 Å². The molecule has 1 aliphatic rings. The summed E-state index contributed by atoms with van der Waals surface area (Å²) in [5.41, 5.74) is -1.60. The van der Waals surface area contributed by atoms with Crippen LogP contribution in [-0.2, 0) is 36.7 Å². The molecule has 0 bridgehead atoms. The lowest BCUT2D eigenvalue weighted by molar-refractivity contribution is -0.141. The van der Waals surface area contributed by atoms with Crippen molar-refractivity contribution in [2.75, 3.05) is 6.26 Å². The first-order chi connectivity index (χ1) is 16.2. The quantitative estimate of drug-likeness (QED) is 0.467. The van der Waals surface area contributed by atoms with Gasteiger partial charge in [-0.1, -0.05) is 11.6 Å². The van der Waals surface area contributed by atoms with Crippen molar-refractivity contribution < 1.29 is 31.1 Å². The molecule has 1 aliphatic carbocycles. The number of benzene rings is 1. The van der Waals surface area contributed by atoms with E-state index < -0.39 is 39.7 Å². The molecule has 0 saturated heterocycles. The number of nitrogens with zero attached hydrogens (tertiary/aromatic N) is 3. The van der Waals surface area contributed by atoms with Crippen LogP contribution in [0, 0.1) is 0 Å². The van der Waals surface area contributed by atoms with E-state index in [9.17, 15) is 31.2 Å². The van der Waals surface area contributed by atoms with Crippen LogP contribution in [0.1, 0.15) is 51.6 Å². The Morgan fingerprint density at radius 3 is 2.49 bits per heavy atom. The van der Waals surface area contributed by atoms with Gasteiger partial charge in [-0.3, -0.25) is 19.4 Å². The van der Waals surface area contributed by atoms with Crippen molar-refractivity contribution in [2.24, 2.45) is 14.1 Å². The first-order valence-electron chi connectivity index (χ1n) is 10.3. The number of H-pyrrole nitrogens is 1. The average Bonchev–Trinajstić information content (AvgIpc) is 3.45.